The van der Waals surface area contributed by atoms with Crippen molar-refractivity contribution in [3.63, 3.8) is 0 Å². The number of nitrogens with zero attached hydrogens (tertiary/aromatic N) is 5. The van der Waals surface area contributed by atoms with E-state index in [0.717, 1.165) is 49.9 Å². The van der Waals surface area contributed by atoms with Gasteiger partial charge >= 0.3 is 6.18 Å². The van der Waals surface area contributed by atoms with Gasteiger partial charge in [0.05, 0.1) is 51.7 Å². The second kappa shape index (κ2) is 22.0. The second-order valence-electron chi connectivity index (χ2n) is 19.3. The van der Waals surface area contributed by atoms with Crippen LogP contribution < -0.4 is 25.2 Å². The van der Waals surface area contributed by atoms with Crippen LogP contribution in [0.25, 0.3) is 21.6 Å². The van der Waals surface area contributed by atoms with Crippen LogP contribution in [-0.2, 0) is 36.6 Å². The van der Waals surface area contributed by atoms with Gasteiger partial charge in [-0.05, 0) is 116 Å². The largest absolute Gasteiger partial charge is 0.494 e. The number of thiazole rings is 1. The lowest BCUT2D eigenvalue weighted by Crippen LogP contribution is -2.58. The summed E-state index contributed by atoms with van der Waals surface area (Å²) in [7, 11) is 0. The molecule has 2 saturated heterocycles. The highest BCUT2D eigenvalue weighted by Gasteiger charge is 2.51. The maximum Gasteiger partial charge on any atom is 0.417 e. The summed E-state index contributed by atoms with van der Waals surface area (Å²) in [5, 5.41) is 25.5. The maximum atomic E-state index is 14.0. The van der Waals surface area contributed by atoms with E-state index in [0.29, 0.717) is 30.9 Å². The molecule has 3 heterocycles. The Morgan fingerprint density at radius 2 is 1.57 bits per heavy atom. The van der Waals surface area contributed by atoms with E-state index in [1.165, 1.54) is 11.0 Å². The van der Waals surface area contributed by atoms with Crippen LogP contribution in [0, 0.1) is 23.7 Å². The molecular formula is C53H56F3N7O7S2. The molecule has 0 radical (unpaired) electrons. The van der Waals surface area contributed by atoms with Gasteiger partial charge in [0.25, 0.3) is 5.91 Å². The fourth-order valence-electron chi connectivity index (χ4n) is 8.65. The van der Waals surface area contributed by atoms with Gasteiger partial charge in [-0.15, -0.1) is 11.3 Å². The first-order valence-electron chi connectivity index (χ1n) is 23.3. The highest BCUT2D eigenvalue weighted by atomic mass is 32.1. The Balaban J connectivity index is 0.841. The first kappa shape index (κ1) is 53.1. The number of ether oxygens (including phenoxy) is 2. The fraction of sp³-hybridized carbons (Fsp3) is 0.377. The lowest BCUT2D eigenvalue weighted by molar-refractivity contribution is -0.144. The molecule has 378 valence electrons. The van der Waals surface area contributed by atoms with E-state index >= 15 is 0 Å². The average Bonchev–Trinajstić information content (AvgIpc) is 4.01. The van der Waals surface area contributed by atoms with Crippen LogP contribution in [0.15, 0.2) is 96.5 Å². The van der Waals surface area contributed by atoms with E-state index in [1.54, 1.807) is 53.8 Å². The van der Waals surface area contributed by atoms with Crippen LogP contribution in [0.4, 0.5) is 24.5 Å². The van der Waals surface area contributed by atoms with Gasteiger partial charge in [0, 0.05) is 31.8 Å². The van der Waals surface area contributed by atoms with Crippen LogP contribution >= 0.6 is 23.6 Å². The molecule has 3 atom stereocenters. The molecule has 14 nitrogen and oxygen atoms in total. The first-order valence-corrected chi connectivity index (χ1v) is 24.6. The Kier molecular flexibility index (Phi) is 16.2. The lowest BCUT2D eigenvalue weighted by Gasteiger charge is -2.35. The molecular weight excluding hydrogens is 968 g/mol. The molecule has 1 aromatic heterocycles. The number of aromatic nitrogens is 1. The van der Waals surface area contributed by atoms with Gasteiger partial charge in [-0.25, -0.2) is 4.98 Å². The van der Waals surface area contributed by atoms with E-state index in [-0.39, 0.29) is 49.4 Å². The number of amides is 4. The van der Waals surface area contributed by atoms with Crippen molar-refractivity contribution in [3.8, 4) is 33.4 Å². The number of likely N-dealkylation sites (tertiary alicyclic amines) is 1. The predicted molar refractivity (Wildman–Crippen MR) is 272 cm³/mol. The molecule has 2 aliphatic heterocycles. The van der Waals surface area contributed by atoms with Crippen molar-refractivity contribution in [2.75, 3.05) is 36.2 Å². The average molecular weight is 1020 g/mol. The van der Waals surface area contributed by atoms with Gasteiger partial charge in [-0.2, -0.15) is 18.4 Å². The molecule has 7 rings (SSSR count). The number of hydrogen-bond acceptors (Lipinski definition) is 11. The van der Waals surface area contributed by atoms with Gasteiger partial charge in [-0.1, -0.05) is 69.3 Å². The first-order chi connectivity index (χ1) is 34.1. The number of aliphatic hydroxyl groups excluding tert-OH is 1. The number of alkyl halides is 3. The number of halogens is 3. The van der Waals surface area contributed by atoms with Crippen molar-refractivity contribution < 1.29 is 46.9 Å². The third-order valence-corrected chi connectivity index (χ3v) is 13.9. The van der Waals surface area contributed by atoms with Crippen molar-refractivity contribution in [2.24, 2.45) is 5.41 Å². The van der Waals surface area contributed by atoms with Gasteiger partial charge in [0.2, 0.25) is 17.7 Å². The smallest absolute Gasteiger partial charge is 0.417 e. The van der Waals surface area contributed by atoms with Crippen molar-refractivity contribution in [1.29, 1.82) is 5.26 Å². The monoisotopic (exact) mass is 1020 g/mol. The van der Waals surface area contributed by atoms with Crippen LogP contribution in [0.3, 0.4) is 0 Å². The van der Waals surface area contributed by atoms with Gasteiger partial charge in [-0.3, -0.25) is 24.1 Å². The zero-order valence-corrected chi connectivity index (χ0v) is 42.3. The molecule has 2 aliphatic rings. The van der Waals surface area contributed by atoms with Crippen molar-refractivity contribution in [2.45, 2.75) is 97.3 Å². The SMILES string of the molecule is Cc1ncsc1-c1ccc(CNC(=O)[C@@H]2C[C@H](O)CN2C(=O)[C@@H](NC(=O)COCCCCOc2ccc(-c3ccc(N4C(=S)N(c5ccc(C#N)c(C(F)(F)F)c5)C(=O)C4(C)C)cc3)cc2)C(C)(C)C)cc1. The minimum absolute atomic E-state index is 0.00296. The summed E-state index contributed by atoms with van der Waals surface area (Å²) in [6.45, 7) is 11.3. The standard InChI is InChI=1S/C53H56F3N7O7S2/c1-32-45(72-31-59-32)36-11-9-33(10-12-36)28-58-47(66)43-26-40(64)29-61(43)48(67)46(51(2,3)4)60-44(65)30-69-23-7-8-24-70-41-21-16-35(17-22-41)34-13-18-38(19-14-34)63-50(71)62(49(68)52(63,5)6)39-20-15-37(27-57)42(25-39)53(54,55)56/h9-22,25,31,40,43,46,64H,7-8,23-24,26,28-30H2,1-6H3,(H,58,66)(H,60,65)/t40-,43-,46+/m0/s1. The Hall–Kier alpha value is -6.72. The Morgan fingerprint density at radius 3 is 2.18 bits per heavy atom. The molecule has 3 N–H and O–H groups in total. The molecule has 0 bridgehead atoms. The number of rotatable bonds is 17. The minimum Gasteiger partial charge on any atom is -0.494 e. The number of nitrogens with one attached hydrogen (secondary N) is 2. The predicted octanol–water partition coefficient (Wildman–Crippen LogP) is 8.58. The summed E-state index contributed by atoms with van der Waals surface area (Å²) in [4.78, 5) is 63.6. The van der Waals surface area contributed by atoms with Crippen molar-refractivity contribution >= 4 is 63.7 Å². The molecule has 0 aliphatic carbocycles. The molecule has 19 heteroatoms. The Labute approximate surface area is 425 Å². The van der Waals surface area contributed by atoms with E-state index in [4.69, 9.17) is 21.7 Å². The molecule has 0 unspecified atom stereocenters. The number of nitriles is 1. The molecule has 0 spiro atoms. The summed E-state index contributed by atoms with van der Waals surface area (Å²) in [5.41, 5.74) is 3.23. The Morgan fingerprint density at radius 1 is 0.944 bits per heavy atom. The number of aryl methyl sites for hydroxylation is 1. The third kappa shape index (κ3) is 12.0. The number of β-amino-alcohol motifs (C(OH)–C–C–N with tert-alkyl or cyclic N) is 1. The minimum atomic E-state index is -4.81. The van der Waals surface area contributed by atoms with Gasteiger partial charge in [0.1, 0.15) is 30.0 Å². The fourth-order valence-corrected chi connectivity index (χ4v) is 9.98. The molecule has 4 aromatic carbocycles. The number of aliphatic hydroxyl groups is 1. The maximum absolute atomic E-state index is 14.0. The summed E-state index contributed by atoms with van der Waals surface area (Å²) in [6, 6.07) is 25.3. The molecule has 72 heavy (non-hydrogen) atoms. The van der Waals surface area contributed by atoms with Crippen LogP contribution in [0.2, 0.25) is 0 Å². The highest BCUT2D eigenvalue weighted by Crippen LogP contribution is 2.40. The topological polar surface area (TPSA) is 177 Å². The molecule has 2 fully saturated rings. The number of carbonyl (C=O) groups excluding carboxylic acids is 4. The number of benzene rings is 4. The number of anilines is 2. The zero-order chi connectivity index (χ0) is 52.1. The number of unbranched alkanes of at least 4 members (excludes halogenated alkanes) is 1. The van der Waals surface area contributed by atoms with Gasteiger partial charge < -0.3 is 35.0 Å². The number of thiocarbonyl (C=S) groups is 1. The normalized spacial score (nSPS) is 17.2. The van der Waals surface area contributed by atoms with Crippen LogP contribution in [0.5, 0.6) is 5.75 Å². The molecule has 4 amide bonds. The summed E-state index contributed by atoms with van der Waals surface area (Å²) >= 11 is 7.23. The zero-order valence-electron chi connectivity index (χ0n) is 40.7. The van der Waals surface area contributed by atoms with Crippen molar-refractivity contribution in [1.82, 2.24) is 20.5 Å². The lowest BCUT2D eigenvalue weighted by atomic mass is 9.85. The van der Waals surface area contributed by atoms with E-state index in [9.17, 15) is 42.7 Å². The number of hydrogen-bond donors (Lipinski definition) is 3. The Bertz CT molecular complexity index is 2840. The summed E-state index contributed by atoms with van der Waals surface area (Å²) < 4.78 is 52.9. The van der Waals surface area contributed by atoms with Crippen molar-refractivity contribution in [3.05, 3.63) is 119 Å². The summed E-state index contributed by atoms with van der Waals surface area (Å²) in [6.07, 6.45) is -4.39. The summed E-state index contributed by atoms with van der Waals surface area (Å²) in [5.74, 6) is -1.20. The quantitative estimate of drug-likeness (QED) is 0.0601. The second-order valence-corrected chi connectivity index (χ2v) is 20.5. The van der Waals surface area contributed by atoms with Crippen LogP contribution in [-0.4, -0.2) is 93.8 Å². The van der Waals surface area contributed by atoms with E-state index in [2.05, 4.69) is 15.6 Å². The van der Waals surface area contributed by atoms with Gasteiger partial charge in [0.15, 0.2) is 5.11 Å². The molecule has 5 aromatic rings. The number of carbonyl (C=O) groups is 4. The molecule has 0 saturated carbocycles. The highest BCUT2D eigenvalue weighted by molar-refractivity contribution is 7.81. The van der Waals surface area contributed by atoms with E-state index < -0.39 is 64.2 Å². The third-order valence-electron chi connectivity index (χ3n) is 12.6. The van der Waals surface area contributed by atoms with Crippen LogP contribution in [0.1, 0.15) is 76.3 Å². The van der Waals surface area contributed by atoms with E-state index in [1.807, 2.05) is 88.4 Å².